The van der Waals surface area contributed by atoms with Crippen molar-refractivity contribution in [3.8, 4) is 22.3 Å². The highest BCUT2D eigenvalue weighted by Crippen LogP contribution is 2.47. The second kappa shape index (κ2) is 9.13. The van der Waals surface area contributed by atoms with Crippen molar-refractivity contribution in [3.63, 3.8) is 0 Å². The predicted molar refractivity (Wildman–Crippen MR) is 210 cm³/mol. The Labute approximate surface area is 280 Å². The van der Waals surface area contributed by atoms with Crippen molar-refractivity contribution >= 4 is 97.3 Å². The molecule has 12 rings (SSSR count). The Hall–Kier alpha value is -6.44. The van der Waals surface area contributed by atoms with Gasteiger partial charge in [-0.2, -0.15) is 0 Å². The zero-order chi connectivity index (χ0) is 31.8. The number of fused-ring (bicyclic) bond motifs is 4. The van der Waals surface area contributed by atoms with Gasteiger partial charge in [0.1, 0.15) is 11.2 Å². The Bertz CT molecular complexity index is 3290. The van der Waals surface area contributed by atoms with Gasteiger partial charge in [0.05, 0.1) is 0 Å². The molecule has 0 spiro atoms. The van der Waals surface area contributed by atoms with Gasteiger partial charge in [-0.25, -0.2) is 0 Å². The number of rotatable bonds is 2. The lowest BCUT2D eigenvalue weighted by Gasteiger charge is -2.17. The van der Waals surface area contributed by atoms with Crippen molar-refractivity contribution in [1.29, 1.82) is 0 Å². The van der Waals surface area contributed by atoms with E-state index in [-0.39, 0.29) is 0 Å². The first-order valence-electron chi connectivity index (χ1n) is 17.0. The monoisotopic (exact) mass is 618 g/mol. The van der Waals surface area contributed by atoms with E-state index in [1.807, 2.05) is 0 Å². The van der Waals surface area contributed by atoms with Gasteiger partial charge in [0.15, 0.2) is 0 Å². The third kappa shape index (κ3) is 3.34. The molecule has 0 fully saturated rings. The quantitative estimate of drug-likeness (QED) is 0.176. The lowest BCUT2D eigenvalue weighted by Crippen LogP contribution is -1.90. The molecular weight excluding hydrogens is 593 g/mol. The van der Waals surface area contributed by atoms with Crippen LogP contribution in [0.15, 0.2) is 162 Å². The average Bonchev–Trinajstić information content (AvgIpc) is 3.53. The minimum atomic E-state index is 0.916. The van der Waals surface area contributed by atoms with E-state index in [0.29, 0.717) is 0 Å². The first kappa shape index (κ1) is 25.6. The van der Waals surface area contributed by atoms with Crippen LogP contribution in [0, 0.1) is 0 Å². The van der Waals surface area contributed by atoms with E-state index in [2.05, 4.69) is 158 Å². The van der Waals surface area contributed by atoms with Crippen molar-refractivity contribution in [3.05, 3.63) is 158 Å². The highest BCUT2D eigenvalue weighted by molar-refractivity contribution is 6.30. The molecule has 0 bridgehead atoms. The van der Waals surface area contributed by atoms with Crippen LogP contribution in [0.4, 0.5) is 0 Å². The van der Waals surface area contributed by atoms with Gasteiger partial charge in [-0.05, 0) is 110 Å². The normalized spacial score (nSPS) is 12.5. The highest BCUT2D eigenvalue weighted by Gasteiger charge is 2.21. The maximum atomic E-state index is 6.64. The molecule has 1 heterocycles. The van der Waals surface area contributed by atoms with Crippen LogP contribution >= 0.6 is 0 Å². The van der Waals surface area contributed by atoms with Crippen molar-refractivity contribution in [1.82, 2.24) is 0 Å². The van der Waals surface area contributed by atoms with Gasteiger partial charge in [0, 0.05) is 16.3 Å². The molecule has 0 aliphatic heterocycles. The Balaban J connectivity index is 1.19. The van der Waals surface area contributed by atoms with E-state index in [1.54, 1.807) is 0 Å². The molecule has 0 amide bonds. The second-order valence-corrected chi connectivity index (χ2v) is 13.6. The van der Waals surface area contributed by atoms with Crippen LogP contribution in [0.5, 0.6) is 0 Å². The molecule has 0 N–H and O–H groups in total. The number of hydrogen-bond acceptors (Lipinski definition) is 1. The summed E-state index contributed by atoms with van der Waals surface area (Å²) < 4.78 is 6.64. The van der Waals surface area contributed by atoms with Crippen molar-refractivity contribution in [2.24, 2.45) is 0 Å². The Morgan fingerprint density at radius 3 is 1.49 bits per heavy atom. The van der Waals surface area contributed by atoms with E-state index in [9.17, 15) is 0 Å². The molecule has 1 heteroatoms. The van der Waals surface area contributed by atoms with E-state index in [4.69, 9.17) is 4.42 Å². The first-order valence-corrected chi connectivity index (χ1v) is 17.0. The fourth-order valence-electron chi connectivity index (χ4n) is 9.00. The van der Waals surface area contributed by atoms with Gasteiger partial charge >= 0.3 is 0 Å². The van der Waals surface area contributed by atoms with Crippen molar-refractivity contribution in [2.75, 3.05) is 0 Å². The third-order valence-corrected chi connectivity index (χ3v) is 11.1. The minimum absolute atomic E-state index is 0.916. The van der Waals surface area contributed by atoms with E-state index < -0.39 is 0 Å². The number of furan rings is 1. The zero-order valence-electron chi connectivity index (χ0n) is 26.4. The Kier molecular flexibility index (Phi) is 4.77. The maximum Gasteiger partial charge on any atom is 0.136 e. The second-order valence-electron chi connectivity index (χ2n) is 13.6. The van der Waals surface area contributed by atoms with E-state index in [1.165, 1.54) is 103 Å². The number of benzene rings is 11. The summed E-state index contributed by atoms with van der Waals surface area (Å²) in [6, 6.07) is 58.4. The summed E-state index contributed by atoms with van der Waals surface area (Å²) in [4.78, 5) is 0. The van der Waals surface area contributed by atoms with Gasteiger partial charge < -0.3 is 4.42 Å². The molecule has 224 valence electrons. The molecule has 49 heavy (non-hydrogen) atoms. The third-order valence-electron chi connectivity index (χ3n) is 11.1. The average molecular weight is 619 g/mol. The van der Waals surface area contributed by atoms with Gasteiger partial charge in [0.25, 0.3) is 0 Å². The van der Waals surface area contributed by atoms with Crippen molar-refractivity contribution < 1.29 is 4.42 Å². The summed E-state index contributed by atoms with van der Waals surface area (Å²) in [5.74, 6) is 0. The standard InChI is InChI=1S/C48H26O/c1-2-10-41-40(9-1)48-42(49-41)26-34-25-33(35-20-15-31-13-11-27-5-3-7-29-16-22-37(35)45(31)43(27)29)19-21-36(34)47(48)39-24-18-32-14-12-28-6-4-8-30-17-23-38(39)46(32)44(28)30/h1-26H. The summed E-state index contributed by atoms with van der Waals surface area (Å²) in [6.07, 6.45) is 0. The fraction of sp³-hybridized carbons (Fsp3) is 0. The van der Waals surface area contributed by atoms with Gasteiger partial charge in [0.2, 0.25) is 0 Å². The molecule has 12 aromatic rings. The number of para-hydroxylation sites is 1. The van der Waals surface area contributed by atoms with Gasteiger partial charge in [-0.1, -0.05) is 140 Å². The van der Waals surface area contributed by atoms with Crippen LogP contribution in [0.25, 0.3) is 120 Å². The predicted octanol–water partition coefficient (Wildman–Crippen LogP) is 13.9. The minimum Gasteiger partial charge on any atom is -0.456 e. The molecule has 0 unspecified atom stereocenters. The highest BCUT2D eigenvalue weighted by atomic mass is 16.3. The SMILES string of the molecule is c1cc2ccc3ccc(-c4ccc5c(-c6ccc7ccc8cccc9ccc6c7c89)c6c(cc5c4)oc4ccccc46)c4ccc(c1)c2c34. The van der Waals surface area contributed by atoms with Crippen LogP contribution in [0.2, 0.25) is 0 Å². The lowest BCUT2D eigenvalue weighted by atomic mass is 9.85. The molecule has 0 atom stereocenters. The molecule has 0 aliphatic carbocycles. The van der Waals surface area contributed by atoms with Crippen molar-refractivity contribution in [2.45, 2.75) is 0 Å². The maximum absolute atomic E-state index is 6.64. The molecule has 1 aromatic heterocycles. The smallest absolute Gasteiger partial charge is 0.136 e. The summed E-state index contributed by atoms with van der Waals surface area (Å²) in [6.45, 7) is 0. The molecule has 0 radical (unpaired) electrons. The van der Waals surface area contributed by atoms with Crippen LogP contribution in [0.3, 0.4) is 0 Å². The van der Waals surface area contributed by atoms with Gasteiger partial charge in [-0.15, -0.1) is 0 Å². The molecular formula is C48H26O. The van der Waals surface area contributed by atoms with Crippen LogP contribution in [-0.2, 0) is 0 Å². The lowest BCUT2D eigenvalue weighted by molar-refractivity contribution is 0.669. The molecule has 1 nitrogen and oxygen atoms in total. The fourth-order valence-corrected chi connectivity index (χ4v) is 9.00. The van der Waals surface area contributed by atoms with E-state index in [0.717, 1.165) is 16.6 Å². The summed E-state index contributed by atoms with van der Waals surface area (Å²) in [5.41, 5.74) is 6.77. The Morgan fingerprint density at radius 1 is 0.286 bits per heavy atom. The van der Waals surface area contributed by atoms with E-state index >= 15 is 0 Å². The van der Waals surface area contributed by atoms with Crippen LogP contribution in [-0.4, -0.2) is 0 Å². The molecule has 0 aliphatic rings. The topological polar surface area (TPSA) is 13.1 Å². The molecule has 0 saturated carbocycles. The van der Waals surface area contributed by atoms with Crippen LogP contribution in [0.1, 0.15) is 0 Å². The van der Waals surface area contributed by atoms with Crippen LogP contribution < -0.4 is 0 Å². The summed E-state index contributed by atoms with van der Waals surface area (Å²) in [5, 5.41) is 20.3. The Morgan fingerprint density at radius 2 is 0.816 bits per heavy atom. The largest absolute Gasteiger partial charge is 0.456 e. The number of hydrogen-bond donors (Lipinski definition) is 0. The molecule has 11 aromatic carbocycles. The summed E-state index contributed by atoms with van der Waals surface area (Å²) >= 11 is 0. The summed E-state index contributed by atoms with van der Waals surface area (Å²) in [7, 11) is 0. The first-order chi connectivity index (χ1) is 24.3. The van der Waals surface area contributed by atoms with Gasteiger partial charge in [-0.3, -0.25) is 0 Å². The molecule has 0 saturated heterocycles. The zero-order valence-corrected chi connectivity index (χ0v) is 26.4.